The molecule has 2 aliphatic heterocycles. The van der Waals surface area contributed by atoms with Crippen LogP contribution in [0, 0.1) is 0 Å². The standard InChI is InChI=1S/C6H7ClN4O/c1-11-2-8-3-4(11)9-6(7)10-5(3)12/h2-4H,1H3,(H,9,10,12). The van der Waals surface area contributed by atoms with Crippen LogP contribution in [-0.4, -0.2) is 41.7 Å². The largest absolute Gasteiger partial charge is 0.342 e. The van der Waals surface area contributed by atoms with Crippen LogP contribution in [0.5, 0.6) is 0 Å². The number of nitrogens with one attached hydrogen (secondary N) is 1. The second kappa shape index (κ2) is 2.45. The molecule has 2 unspecified atom stereocenters. The van der Waals surface area contributed by atoms with Crippen LogP contribution in [0.15, 0.2) is 9.98 Å². The lowest BCUT2D eigenvalue weighted by Gasteiger charge is -2.24. The Bertz CT molecular complexity index is 287. The van der Waals surface area contributed by atoms with Crippen LogP contribution >= 0.6 is 11.6 Å². The molecule has 0 fully saturated rings. The van der Waals surface area contributed by atoms with Gasteiger partial charge >= 0.3 is 0 Å². The van der Waals surface area contributed by atoms with Gasteiger partial charge in [0.05, 0.1) is 6.34 Å². The summed E-state index contributed by atoms with van der Waals surface area (Å²) in [6.07, 6.45) is 1.33. The maximum Gasteiger partial charge on any atom is 0.255 e. The minimum Gasteiger partial charge on any atom is -0.342 e. The minimum absolute atomic E-state index is 0.138. The van der Waals surface area contributed by atoms with Gasteiger partial charge in [-0.2, -0.15) is 0 Å². The first kappa shape index (κ1) is 7.54. The molecule has 6 heteroatoms. The number of fused-ring (bicyclic) bond motifs is 1. The van der Waals surface area contributed by atoms with Crippen LogP contribution in [0.1, 0.15) is 0 Å². The zero-order valence-electron chi connectivity index (χ0n) is 6.36. The van der Waals surface area contributed by atoms with Crippen LogP contribution in [0.3, 0.4) is 0 Å². The number of hydrogen-bond donors (Lipinski definition) is 1. The summed E-state index contributed by atoms with van der Waals surface area (Å²) in [6.45, 7) is 0. The molecule has 1 N–H and O–H groups in total. The lowest BCUT2D eigenvalue weighted by Crippen LogP contribution is -2.49. The third-order valence-electron chi connectivity index (χ3n) is 1.85. The molecule has 0 saturated carbocycles. The number of amidine groups is 1. The van der Waals surface area contributed by atoms with Crippen LogP contribution in [0.2, 0.25) is 0 Å². The summed E-state index contributed by atoms with van der Waals surface area (Å²) in [5.74, 6) is -0.194. The monoisotopic (exact) mass is 186 g/mol. The molecule has 12 heavy (non-hydrogen) atoms. The topological polar surface area (TPSA) is 57.1 Å². The molecule has 0 saturated heterocycles. The van der Waals surface area contributed by atoms with E-state index in [1.807, 2.05) is 0 Å². The van der Waals surface area contributed by atoms with Crippen molar-refractivity contribution in [3.8, 4) is 0 Å². The van der Waals surface area contributed by atoms with E-state index in [-0.39, 0.29) is 17.4 Å². The molecule has 0 spiro atoms. The highest BCUT2D eigenvalue weighted by molar-refractivity contribution is 6.66. The van der Waals surface area contributed by atoms with Gasteiger partial charge in [-0.3, -0.25) is 15.1 Å². The highest BCUT2D eigenvalue weighted by Crippen LogP contribution is 2.17. The number of likely N-dealkylation sites (N-methyl/N-ethyl adjacent to an activating group) is 1. The molecule has 0 aromatic heterocycles. The summed E-state index contributed by atoms with van der Waals surface area (Å²) in [5.41, 5.74) is 0. The molecule has 64 valence electrons. The summed E-state index contributed by atoms with van der Waals surface area (Å²) < 4.78 is 0. The Morgan fingerprint density at radius 2 is 2.50 bits per heavy atom. The Kier molecular flexibility index (Phi) is 1.54. The number of amides is 1. The van der Waals surface area contributed by atoms with Crippen molar-refractivity contribution in [3.63, 3.8) is 0 Å². The normalized spacial score (nSPS) is 33.0. The highest BCUT2D eigenvalue weighted by atomic mass is 35.5. The van der Waals surface area contributed by atoms with Gasteiger partial charge in [-0.1, -0.05) is 0 Å². The summed E-state index contributed by atoms with van der Waals surface area (Å²) in [7, 11) is 1.81. The molecule has 2 aliphatic rings. The van der Waals surface area contributed by atoms with Crippen molar-refractivity contribution >= 4 is 29.1 Å². The molecule has 0 aliphatic carbocycles. The van der Waals surface area contributed by atoms with Crippen molar-refractivity contribution in [1.82, 2.24) is 10.2 Å². The minimum atomic E-state index is -0.433. The van der Waals surface area contributed by atoms with Gasteiger partial charge in [0.25, 0.3) is 5.91 Å². The lowest BCUT2D eigenvalue weighted by molar-refractivity contribution is -0.121. The number of nitrogens with zero attached hydrogens (tertiary/aromatic N) is 3. The Morgan fingerprint density at radius 1 is 1.75 bits per heavy atom. The fourth-order valence-electron chi connectivity index (χ4n) is 1.23. The van der Waals surface area contributed by atoms with E-state index in [0.29, 0.717) is 0 Å². The van der Waals surface area contributed by atoms with Crippen molar-refractivity contribution in [3.05, 3.63) is 0 Å². The average molecular weight is 187 g/mol. The van der Waals surface area contributed by atoms with Crippen molar-refractivity contribution in [2.45, 2.75) is 12.2 Å². The second-order valence-corrected chi connectivity index (χ2v) is 3.06. The Hall–Kier alpha value is -1.10. The first-order chi connectivity index (χ1) is 5.68. The van der Waals surface area contributed by atoms with Gasteiger partial charge in [0.2, 0.25) is 0 Å². The van der Waals surface area contributed by atoms with Crippen LogP contribution in [-0.2, 0) is 4.79 Å². The van der Waals surface area contributed by atoms with E-state index in [4.69, 9.17) is 11.6 Å². The van der Waals surface area contributed by atoms with E-state index in [1.165, 1.54) is 0 Å². The third-order valence-corrected chi connectivity index (χ3v) is 2.04. The number of hydrogen-bond acceptors (Lipinski definition) is 4. The molecule has 0 radical (unpaired) electrons. The van der Waals surface area contributed by atoms with Gasteiger partial charge in [0.1, 0.15) is 0 Å². The van der Waals surface area contributed by atoms with Crippen molar-refractivity contribution in [2.75, 3.05) is 7.05 Å². The van der Waals surface area contributed by atoms with E-state index in [0.717, 1.165) is 0 Å². The third kappa shape index (κ3) is 0.972. The van der Waals surface area contributed by atoms with Crippen LogP contribution < -0.4 is 5.32 Å². The van der Waals surface area contributed by atoms with Gasteiger partial charge in [-0.05, 0) is 11.6 Å². The Labute approximate surface area is 74.1 Å². The van der Waals surface area contributed by atoms with Crippen molar-refractivity contribution in [1.29, 1.82) is 0 Å². The summed E-state index contributed by atoms with van der Waals surface area (Å²) in [4.78, 5) is 21.0. The molecule has 5 nitrogen and oxygen atoms in total. The van der Waals surface area contributed by atoms with Gasteiger partial charge in [0, 0.05) is 7.05 Å². The van der Waals surface area contributed by atoms with E-state index < -0.39 is 6.04 Å². The SMILES string of the molecule is CN1C=NC2C(=O)NC(Cl)=NC21. The van der Waals surface area contributed by atoms with Crippen LogP contribution in [0.4, 0.5) is 0 Å². The highest BCUT2D eigenvalue weighted by Gasteiger charge is 2.37. The number of aliphatic imine (C=N–C) groups is 2. The van der Waals surface area contributed by atoms with Gasteiger partial charge in [-0.25, -0.2) is 4.99 Å². The van der Waals surface area contributed by atoms with E-state index in [9.17, 15) is 4.79 Å². The van der Waals surface area contributed by atoms with Gasteiger partial charge in [-0.15, -0.1) is 0 Å². The van der Waals surface area contributed by atoms with E-state index in [2.05, 4.69) is 15.3 Å². The summed E-state index contributed by atoms with van der Waals surface area (Å²) >= 11 is 5.58. The molecule has 2 atom stereocenters. The predicted molar refractivity (Wildman–Crippen MR) is 45.3 cm³/mol. The van der Waals surface area contributed by atoms with Gasteiger partial charge in [0.15, 0.2) is 17.5 Å². The summed E-state index contributed by atoms with van der Waals surface area (Å²) in [5, 5.41) is 2.54. The number of halogens is 1. The Balaban J connectivity index is 2.32. The first-order valence-corrected chi connectivity index (χ1v) is 3.85. The number of rotatable bonds is 0. The zero-order chi connectivity index (χ0) is 8.72. The zero-order valence-corrected chi connectivity index (χ0v) is 7.12. The maximum atomic E-state index is 11.2. The molecule has 0 bridgehead atoms. The molecular formula is C6H7ClN4O. The molecule has 2 rings (SSSR count). The second-order valence-electron chi connectivity index (χ2n) is 2.70. The average Bonchev–Trinajstić information content (AvgIpc) is 2.33. The Morgan fingerprint density at radius 3 is 3.25 bits per heavy atom. The molecule has 1 amide bonds. The molecular weight excluding hydrogens is 180 g/mol. The lowest BCUT2D eigenvalue weighted by atomic mass is 10.2. The van der Waals surface area contributed by atoms with Gasteiger partial charge < -0.3 is 4.90 Å². The fraction of sp³-hybridized carbons (Fsp3) is 0.500. The first-order valence-electron chi connectivity index (χ1n) is 3.48. The number of carbonyl (C=O) groups is 1. The quantitative estimate of drug-likeness (QED) is 0.513. The van der Waals surface area contributed by atoms with Crippen molar-refractivity contribution in [2.24, 2.45) is 9.98 Å². The maximum absolute atomic E-state index is 11.2. The van der Waals surface area contributed by atoms with E-state index >= 15 is 0 Å². The fourth-order valence-corrected chi connectivity index (χ4v) is 1.43. The smallest absolute Gasteiger partial charge is 0.255 e. The molecule has 2 heterocycles. The van der Waals surface area contributed by atoms with Crippen molar-refractivity contribution < 1.29 is 4.79 Å². The predicted octanol–water partition coefficient (Wildman–Crippen LogP) is -0.621. The summed E-state index contributed by atoms with van der Waals surface area (Å²) in [6, 6.07) is -0.433. The van der Waals surface area contributed by atoms with Crippen LogP contribution in [0.25, 0.3) is 0 Å². The molecule has 0 aromatic rings. The van der Waals surface area contributed by atoms with E-state index in [1.54, 1.807) is 18.3 Å². The molecule has 0 aromatic carbocycles. The number of carbonyl (C=O) groups excluding carboxylic acids is 1.